The lowest BCUT2D eigenvalue weighted by molar-refractivity contribution is 0.0372. The van der Waals surface area contributed by atoms with Crippen molar-refractivity contribution in [2.75, 3.05) is 0 Å². The fourth-order valence-electron chi connectivity index (χ4n) is 1.15. The molecule has 0 aromatic heterocycles. The van der Waals surface area contributed by atoms with Crippen molar-refractivity contribution >= 4 is 41.6 Å². The molecule has 1 rings (SSSR count). The minimum atomic E-state index is -4.08. The normalized spacial score (nSPS) is 11.7. The fraction of sp³-hybridized carbons (Fsp3) is 0.300. The average molecular weight is 360 g/mol. The maximum Gasteiger partial charge on any atom is 0.341 e. The van der Waals surface area contributed by atoms with Gasteiger partial charge in [0.15, 0.2) is 0 Å². The van der Waals surface area contributed by atoms with E-state index in [0.29, 0.717) is 0 Å². The number of carbonyl (C=O) groups is 1. The lowest BCUT2D eigenvalue weighted by atomic mass is 10.2. The van der Waals surface area contributed by atoms with E-state index in [0.717, 1.165) is 12.1 Å². The van der Waals surface area contributed by atoms with Crippen LogP contribution < -0.4 is 0 Å². The van der Waals surface area contributed by atoms with E-state index < -0.39 is 32.5 Å². The molecule has 0 bridgehead atoms. The highest BCUT2D eigenvalue weighted by atomic mass is 79.9. The standard InChI is InChI=1S/C10H9BrClFO4S/c1-5(2)17-10(14)6-3-9(18(12,15)16)7(11)4-8(6)13/h3-5H,1-2H3. The van der Waals surface area contributed by atoms with Crippen molar-refractivity contribution in [3.63, 3.8) is 0 Å². The van der Waals surface area contributed by atoms with Crippen LogP contribution in [0.5, 0.6) is 0 Å². The Morgan fingerprint density at radius 3 is 2.44 bits per heavy atom. The Labute approximate surface area is 117 Å². The van der Waals surface area contributed by atoms with E-state index in [1.165, 1.54) is 0 Å². The van der Waals surface area contributed by atoms with Gasteiger partial charge in [-0.25, -0.2) is 17.6 Å². The molecule has 1 aromatic carbocycles. The Morgan fingerprint density at radius 1 is 1.44 bits per heavy atom. The summed E-state index contributed by atoms with van der Waals surface area (Å²) in [6.07, 6.45) is -0.448. The summed E-state index contributed by atoms with van der Waals surface area (Å²) in [7, 11) is 1.08. The summed E-state index contributed by atoms with van der Waals surface area (Å²) in [5, 5.41) is 0. The van der Waals surface area contributed by atoms with Crippen LogP contribution in [-0.2, 0) is 13.8 Å². The van der Waals surface area contributed by atoms with E-state index >= 15 is 0 Å². The van der Waals surface area contributed by atoms with Gasteiger partial charge in [0.2, 0.25) is 0 Å². The molecule has 0 saturated carbocycles. The average Bonchev–Trinajstić information content (AvgIpc) is 2.13. The van der Waals surface area contributed by atoms with Gasteiger partial charge >= 0.3 is 5.97 Å². The van der Waals surface area contributed by atoms with E-state index in [9.17, 15) is 17.6 Å². The number of rotatable bonds is 3. The van der Waals surface area contributed by atoms with Gasteiger partial charge in [0.05, 0.1) is 16.6 Å². The van der Waals surface area contributed by atoms with Gasteiger partial charge < -0.3 is 4.74 Å². The van der Waals surface area contributed by atoms with E-state index in [4.69, 9.17) is 15.4 Å². The molecule has 8 heteroatoms. The van der Waals surface area contributed by atoms with Crippen molar-refractivity contribution in [1.82, 2.24) is 0 Å². The SMILES string of the molecule is CC(C)OC(=O)c1cc(S(=O)(=O)Cl)c(Br)cc1F. The molecule has 0 heterocycles. The van der Waals surface area contributed by atoms with Crippen molar-refractivity contribution in [2.45, 2.75) is 24.8 Å². The second-order valence-electron chi connectivity index (χ2n) is 3.65. The zero-order valence-corrected chi connectivity index (χ0v) is 12.6. The summed E-state index contributed by atoms with van der Waals surface area (Å²) in [6, 6.07) is 1.69. The lowest BCUT2D eigenvalue weighted by Gasteiger charge is -2.10. The molecule has 0 atom stereocenters. The van der Waals surface area contributed by atoms with E-state index in [-0.39, 0.29) is 9.37 Å². The van der Waals surface area contributed by atoms with Gasteiger partial charge in [-0.3, -0.25) is 0 Å². The summed E-state index contributed by atoms with van der Waals surface area (Å²) >= 11 is 2.86. The van der Waals surface area contributed by atoms with Crippen LogP contribution in [0.3, 0.4) is 0 Å². The lowest BCUT2D eigenvalue weighted by Crippen LogP contribution is -2.14. The first-order chi connectivity index (χ1) is 8.12. The molecule has 100 valence electrons. The molecule has 0 aliphatic carbocycles. The van der Waals surface area contributed by atoms with Crippen LogP contribution in [0.1, 0.15) is 24.2 Å². The van der Waals surface area contributed by atoms with Crippen LogP contribution in [0.4, 0.5) is 4.39 Å². The Morgan fingerprint density at radius 2 is 2.00 bits per heavy atom. The summed E-state index contributed by atoms with van der Waals surface area (Å²) in [6.45, 7) is 3.18. The van der Waals surface area contributed by atoms with Crippen molar-refractivity contribution < 1.29 is 22.3 Å². The second-order valence-corrected chi connectivity index (χ2v) is 7.04. The molecule has 0 spiro atoms. The van der Waals surface area contributed by atoms with Gasteiger partial charge in [0.25, 0.3) is 9.05 Å². The maximum atomic E-state index is 13.6. The molecule has 0 radical (unpaired) electrons. The van der Waals surface area contributed by atoms with Crippen LogP contribution in [0, 0.1) is 5.82 Å². The van der Waals surface area contributed by atoms with Gasteiger partial charge in [-0.1, -0.05) is 0 Å². The first-order valence-corrected chi connectivity index (χ1v) is 7.88. The predicted molar refractivity (Wildman–Crippen MR) is 67.7 cm³/mol. The number of esters is 1. The van der Waals surface area contributed by atoms with Crippen molar-refractivity contribution in [3.8, 4) is 0 Å². The summed E-state index contributed by atoms with van der Waals surface area (Å²) in [5.41, 5.74) is -0.480. The Bertz CT molecular complexity index is 586. The Balaban J connectivity index is 3.34. The molecule has 0 N–H and O–H groups in total. The molecule has 18 heavy (non-hydrogen) atoms. The minimum Gasteiger partial charge on any atom is -0.459 e. The number of hydrogen-bond donors (Lipinski definition) is 0. The summed E-state index contributed by atoms with van der Waals surface area (Å²) in [4.78, 5) is 11.2. The van der Waals surface area contributed by atoms with Crippen LogP contribution >= 0.6 is 26.6 Å². The van der Waals surface area contributed by atoms with Gasteiger partial charge in [-0.2, -0.15) is 0 Å². The first-order valence-electron chi connectivity index (χ1n) is 4.77. The minimum absolute atomic E-state index is 0.0592. The molecule has 4 nitrogen and oxygen atoms in total. The van der Waals surface area contributed by atoms with Crippen LogP contribution in [-0.4, -0.2) is 20.5 Å². The summed E-state index contributed by atoms with van der Waals surface area (Å²) < 4.78 is 40.7. The number of benzene rings is 1. The second kappa shape index (κ2) is 5.54. The highest BCUT2D eigenvalue weighted by Gasteiger charge is 2.22. The van der Waals surface area contributed by atoms with Gasteiger partial charge in [0, 0.05) is 15.2 Å². The third kappa shape index (κ3) is 3.66. The Kier molecular flexibility index (Phi) is 4.74. The zero-order chi connectivity index (χ0) is 14.1. The zero-order valence-electron chi connectivity index (χ0n) is 9.41. The molecule has 1 aromatic rings. The van der Waals surface area contributed by atoms with Crippen LogP contribution in [0.15, 0.2) is 21.5 Å². The largest absolute Gasteiger partial charge is 0.459 e. The third-order valence-electron chi connectivity index (χ3n) is 1.85. The molecular weight excluding hydrogens is 351 g/mol. The van der Waals surface area contributed by atoms with E-state index in [2.05, 4.69) is 15.9 Å². The van der Waals surface area contributed by atoms with Gasteiger partial charge in [0.1, 0.15) is 5.82 Å². The van der Waals surface area contributed by atoms with Crippen molar-refractivity contribution in [3.05, 3.63) is 28.0 Å². The molecule has 0 aliphatic rings. The van der Waals surface area contributed by atoms with E-state index in [1.807, 2.05) is 0 Å². The molecule has 0 amide bonds. The molecule has 0 saturated heterocycles. The molecule has 0 aliphatic heterocycles. The van der Waals surface area contributed by atoms with Gasteiger partial charge in [-0.05, 0) is 41.9 Å². The number of hydrogen-bond acceptors (Lipinski definition) is 4. The quantitative estimate of drug-likeness (QED) is 0.615. The van der Waals surface area contributed by atoms with Crippen LogP contribution in [0.25, 0.3) is 0 Å². The Hall–Kier alpha value is -0.660. The summed E-state index contributed by atoms with van der Waals surface area (Å²) in [5.74, 6) is -1.84. The number of ether oxygens (including phenoxy) is 1. The molecule has 0 unspecified atom stereocenters. The topological polar surface area (TPSA) is 60.4 Å². The molecular formula is C10H9BrClFO4S. The van der Waals surface area contributed by atoms with Crippen molar-refractivity contribution in [2.24, 2.45) is 0 Å². The third-order valence-corrected chi connectivity index (χ3v) is 4.13. The highest BCUT2D eigenvalue weighted by molar-refractivity contribution is 9.10. The maximum absolute atomic E-state index is 13.6. The fourth-order valence-corrected chi connectivity index (χ4v) is 3.32. The smallest absolute Gasteiger partial charge is 0.341 e. The first kappa shape index (κ1) is 15.4. The number of carbonyl (C=O) groups excluding carboxylic acids is 1. The highest BCUT2D eigenvalue weighted by Crippen LogP contribution is 2.28. The van der Waals surface area contributed by atoms with Crippen molar-refractivity contribution in [1.29, 1.82) is 0 Å². The molecule has 0 fully saturated rings. The van der Waals surface area contributed by atoms with Crippen LogP contribution in [0.2, 0.25) is 0 Å². The predicted octanol–water partition coefficient (Wildman–Crippen LogP) is 3.08. The van der Waals surface area contributed by atoms with Gasteiger partial charge in [-0.15, -0.1) is 0 Å². The van der Waals surface area contributed by atoms with E-state index in [1.54, 1.807) is 13.8 Å². The monoisotopic (exact) mass is 358 g/mol. The number of halogens is 3.